The summed E-state index contributed by atoms with van der Waals surface area (Å²) in [5.41, 5.74) is 0. The van der Waals surface area contributed by atoms with E-state index in [1.54, 1.807) is 0 Å². The van der Waals surface area contributed by atoms with Crippen molar-refractivity contribution in [3.63, 3.8) is 0 Å². The van der Waals surface area contributed by atoms with E-state index in [0.717, 1.165) is 0 Å². The minimum Gasteiger partial charge on any atom is -0.469 e. The molecule has 0 bridgehead atoms. The highest BCUT2D eigenvalue weighted by atomic mass is 16.5. The molecule has 2 amide bonds. The predicted molar refractivity (Wildman–Crippen MR) is 56.8 cm³/mol. The summed E-state index contributed by atoms with van der Waals surface area (Å²) in [6.07, 6.45) is -0.731. The molecule has 96 valence electrons. The lowest BCUT2D eigenvalue weighted by atomic mass is 10.0. The number of carbonyl (C=O) groups excluding carboxylic acids is 3. The minimum atomic E-state index is -0.958. The number of aliphatic hydroxyl groups is 1. The van der Waals surface area contributed by atoms with Gasteiger partial charge in [0.1, 0.15) is 12.1 Å². The molecular formula is C10H16N2O5. The van der Waals surface area contributed by atoms with Crippen LogP contribution < -0.4 is 10.6 Å². The van der Waals surface area contributed by atoms with E-state index in [1.165, 1.54) is 14.0 Å². The van der Waals surface area contributed by atoms with Crippen LogP contribution in [0.3, 0.4) is 0 Å². The molecule has 1 fully saturated rings. The van der Waals surface area contributed by atoms with Gasteiger partial charge >= 0.3 is 5.97 Å². The molecule has 0 aliphatic carbocycles. The molecule has 3 atom stereocenters. The van der Waals surface area contributed by atoms with E-state index >= 15 is 0 Å². The van der Waals surface area contributed by atoms with Gasteiger partial charge in [-0.2, -0.15) is 0 Å². The van der Waals surface area contributed by atoms with Gasteiger partial charge in [0.15, 0.2) is 0 Å². The average molecular weight is 244 g/mol. The summed E-state index contributed by atoms with van der Waals surface area (Å²) < 4.78 is 4.44. The zero-order valence-electron chi connectivity index (χ0n) is 9.73. The maximum absolute atomic E-state index is 11.6. The smallest absolute Gasteiger partial charge is 0.305 e. The molecule has 0 aromatic rings. The molecular weight excluding hydrogens is 228 g/mol. The van der Waals surface area contributed by atoms with Crippen molar-refractivity contribution in [3.8, 4) is 0 Å². The Morgan fingerprint density at radius 2 is 2.06 bits per heavy atom. The van der Waals surface area contributed by atoms with Gasteiger partial charge in [-0.25, -0.2) is 0 Å². The fourth-order valence-corrected chi connectivity index (χ4v) is 1.55. The van der Waals surface area contributed by atoms with Crippen LogP contribution in [0.4, 0.5) is 0 Å². The molecule has 0 spiro atoms. The lowest BCUT2D eigenvalue weighted by molar-refractivity contribution is -0.143. The molecule has 0 saturated carbocycles. The maximum atomic E-state index is 11.6. The number of piperazine rings is 1. The van der Waals surface area contributed by atoms with Crippen molar-refractivity contribution in [3.05, 3.63) is 0 Å². The van der Waals surface area contributed by atoms with E-state index in [4.69, 9.17) is 0 Å². The SMILES string of the molecule is COC(=O)CCC1NC(=O)C(C(C)O)NC1=O. The fraction of sp³-hybridized carbons (Fsp3) is 0.700. The van der Waals surface area contributed by atoms with Crippen LogP contribution in [0.1, 0.15) is 19.8 Å². The number of hydrogen-bond acceptors (Lipinski definition) is 5. The zero-order valence-corrected chi connectivity index (χ0v) is 9.73. The lowest BCUT2D eigenvalue weighted by Crippen LogP contribution is -2.64. The number of aliphatic hydroxyl groups excluding tert-OH is 1. The fourth-order valence-electron chi connectivity index (χ4n) is 1.55. The van der Waals surface area contributed by atoms with Crippen molar-refractivity contribution in [1.29, 1.82) is 0 Å². The number of amides is 2. The molecule has 3 unspecified atom stereocenters. The Balaban J connectivity index is 2.53. The lowest BCUT2D eigenvalue weighted by Gasteiger charge is -2.30. The first-order valence-corrected chi connectivity index (χ1v) is 5.31. The summed E-state index contributed by atoms with van der Waals surface area (Å²) in [6.45, 7) is 1.42. The first-order chi connectivity index (χ1) is 7.95. The van der Waals surface area contributed by atoms with Gasteiger partial charge in [-0.15, -0.1) is 0 Å². The van der Waals surface area contributed by atoms with Gasteiger partial charge < -0.3 is 20.5 Å². The second-order valence-electron chi connectivity index (χ2n) is 3.90. The molecule has 1 aliphatic heterocycles. The van der Waals surface area contributed by atoms with Crippen LogP contribution >= 0.6 is 0 Å². The van der Waals surface area contributed by atoms with Crippen molar-refractivity contribution in [2.75, 3.05) is 7.11 Å². The van der Waals surface area contributed by atoms with Crippen LogP contribution in [0.25, 0.3) is 0 Å². The van der Waals surface area contributed by atoms with E-state index in [0.29, 0.717) is 0 Å². The van der Waals surface area contributed by atoms with E-state index in [9.17, 15) is 19.5 Å². The summed E-state index contributed by atoms with van der Waals surface area (Å²) >= 11 is 0. The highest BCUT2D eigenvalue weighted by Gasteiger charge is 2.35. The Kier molecular flexibility index (Phi) is 4.45. The third-order valence-corrected chi connectivity index (χ3v) is 2.56. The van der Waals surface area contributed by atoms with E-state index in [-0.39, 0.29) is 12.8 Å². The molecule has 17 heavy (non-hydrogen) atoms. The number of methoxy groups -OCH3 is 1. The first kappa shape index (κ1) is 13.4. The van der Waals surface area contributed by atoms with Gasteiger partial charge in [-0.05, 0) is 13.3 Å². The van der Waals surface area contributed by atoms with Crippen LogP contribution in [0, 0.1) is 0 Å². The quantitative estimate of drug-likeness (QED) is 0.511. The van der Waals surface area contributed by atoms with Gasteiger partial charge in [0.2, 0.25) is 11.8 Å². The first-order valence-electron chi connectivity index (χ1n) is 5.31. The Morgan fingerprint density at radius 1 is 1.41 bits per heavy atom. The second-order valence-corrected chi connectivity index (χ2v) is 3.90. The van der Waals surface area contributed by atoms with Gasteiger partial charge in [0.25, 0.3) is 0 Å². The van der Waals surface area contributed by atoms with Gasteiger partial charge in [-0.1, -0.05) is 0 Å². The van der Waals surface area contributed by atoms with E-state index < -0.39 is 36.0 Å². The Morgan fingerprint density at radius 3 is 2.59 bits per heavy atom. The summed E-state index contributed by atoms with van der Waals surface area (Å²) in [6, 6.07) is -1.69. The molecule has 1 saturated heterocycles. The van der Waals surface area contributed by atoms with Crippen molar-refractivity contribution < 1.29 is 24.2 Å². The van der Waals surface area contributed by atoms with Crippen LogP contribution in [0.15, 0.2) is 0 Å². The summed E-state index contributed by atoms with van der Waals surface area (Å²) in [5, 5.41) is 14.1. The normalized spacial score (nSPS) is 25.8. The molecule has 0 aromatic carbocycles. The Hall–Kier alpha value is -1.63. The van der Waals surface area contributed by atoms with E-state index in [2.05, 4.69) is 15.4 Å². The molecule has 1 aliphatic rings. The van der Waals surface area contributed by atoms with Crippen LogP contribution in [0.5, 0.6) is 0 Å². The minimum absolute atomic E-state index is 0.0498. The Labute approximate surface area is 98.5 Å². The summed E-state index contributed by atoms with van der Waals surface area (Å²) in [5.74, 6) is -1.29. The topological polar surface area (TPSA) is 105 Å². The average Bonchev–Trinajstić information content (AvgIpc) is 2.28. The van der Waals surface area contributed by atoms with Crippen LogP contribution in [-0.2, 0) is 19.1 Å². The highest BCUT2D eigenvalue weighted by molar-refractivity contribution is 5.97. The van der Waals surface area contributed by atoms with Crippen LogP contribution in [0.2, 0.25) is 0 Å². The largest absolute Gasteiger partial charge is 0.469 e. The van der Waals surface area contributed by atoms with Gasteiger partial charge in [0.05, 0.1) is 13.2 Å². The second kappa shape index (κ2) is 5.62. The standard InChI is InChI=1S/C10H16N2O5/c1-5(13)8-10(16)11-6(9(15)12-8)3-4-7(14)17-2/h5-6,8,13H,3-4H2,1-2H3,(H,11,16)(H,12,15). The van der Waals surface area contributed by atoms with Crippen molar-refractivity contribution in [2.45, 2.75) is 38.0 Å². The van der Waals surface area contributed by atoms with E-state index in [1.807, 2.05) is 0 Å². The molecule has 7 heteroatoms. The summed E-state index contributed by atoms with van der Waals surface area (Å²) in [4.78, 5) is 34.0. The highest BCUT2D eigenvalue weighted by Crippen LogP contribution is 2.07. The summed E-state index contributed by atoms with van der Waals surface area (Å²) in [7, 11) is 1.26. The van der Waals surface area contributed by atoms with Crippen molar-refractivity contribution in [1.82, 2.24) is 10.6 Å². The molecule has 7 nitrogen and oxygen atoms in total. The zero-order chi connectivity index (χ0) is 13.0. The number of hydrogen-bond donors (Lipinski definition) is 3. The number of ether oxygens (including phenoxy) is 1. The molecule has 3 N–H and O–H groups in total. The Bertz CT molecular complexity index is 329. The number of carbonyl (C=O) groups is 3. The monoisotopic (exact) mass is 244 g/mol. The third-order valence-electron chi connectivity index (χ3n) is 2.56. The number of esters is 1. The predicted octanol–water partition coefficient (Wildman–Crippen LogP) is -1.70. The molecule has 1 rings (SSSR count). The van der Waals surface area contributed by atoms with Crippen molar-refractivity contribution >= 4 is 17.8 Å². The molecule has 0 aromatic heterocycles. The van der Waals surface area contributed by atoms with Crippen LogP contribution in [-0.4, -0.2) is 48.2 Å². The number of nitrogens with one attached hydrogen (secondary N) is 2. The van der Waals surface area contributed by atoms with Gasteiger partial charge in [0, 0.05) is 6.42 Å². The van der Waals surface area contributed by atoms with Crippen molar-refractivity contribution in [2.24, 2.45) is 0 Å². The maximum Gasteiger partial charge on any atom is 0.305 e. The molecule has 1 heterocycles. The van der Waals surface area contributed by atoms with Gasteiger partial charge in [-0.3, -0.25) is 14.4 Å². The number of rotatable bonds is 4. The third kappa shape index (κ3) is 3.42. The molecule has 0 radical (unpaired) electrons.